The normalized spacial score (nSPS) is 14.6. The lowest BCUT2D eigenvalue weighted by atomic mass is 10.3. The van der Waals surface area contributed by atoms with Crippen molar-refractivity contribution in [3.63, 3.8) is 0 Å². The fourth-order valence-electron chi connectivity index (χ4n) is 2.08. The van der Waals surface area contributed by atoms with Crippen LogP contribution < -0.4 is 10.6 Å². The van der Waals surface area contributed by atoms with Crippen molar-refractivity contribution in [1.82, 2.24) is 15.3 Å². The molecule has 7 nitrogen and oxygen atoms in total. The van der Waals surface area contributed by atoms with Gasteiger partial charge in [0.2, 0.25) is 5.95 Å². The topological polar surface area (TPSA) is 95.9 Å². The fraction of sp³-hybridized carbons (Fsp3) is 0.462. The van der Waals surface area contributed by atoms with Crippen LogP contribution in [-0.2, 0) is 0 Å². The van der Waals surface area contributed by atoms with E-state index in [2.05, 4.69) is 20.6 Å². The maximum atomic E-state index is 10.7. The first-order valence-corrected chi connectivity index (χ1v) is 6.84. The van der Waals surface area contributed by atoms with Gasteiger partial charge in [-0.15, -0.1) is 0 Å². The van der Waals surface area contributed by atoms with Crippen LogP contribution in [0.25, 0.3) is 11.0 Å². The molecule has 1 heterocycles. The van der Waals surface area contributed by atoms with E-state index in [-0.39, 0.29) is 5.69 Å². The highest BCUT2D eigenvalue weighted by atomic mass is 16.6. The van der Waals surface area contributed by atoms with Crippen LogP contribution >= 0.6 is 0 Å². The molecule has 1 fully saturated rings. The van der Waals surface area contributed by atoms with Gasteiger partial charge in [-0.1, -0.05) is 0 Å². The molecule has 0 atom stereocenters. The maximum Gasteiger partial charge on any atom is 0.271 e. The molecule has 0 radical (unpaired) electrons. The number of benzene rings is 1. The minimum Gasteiger partial charge on any atom is -0.356 e. The predicted octanol–water partition coefficient (Wildman–Crippen LogP) is 2.03. The van der Waals surface area contributed by atoms with Crippen molar-refractivity contribution in [1.29, 1.82) is 0 Å². The molecule has 0 spiro atoms. The molecule has 2 aromatic rings. The van der Waals surface area contributed by atoms with Crippen molar-refractivity contribution in [3.8, 4) is 0 Å². The first-order chi connectivity index (χ1) is 9.72. The van der Waals surface area contributed by atoms with Crippen LogP contribution in [0.3, 0.4) is 0 Å². The van der Waals surface area contributed by atoms with E-state index in [1.807, 2.05) is 0 Å². The number of nitrogens with one attached hydrogen (secondary N) is 3. The minimum absolute atomic E-state index is 0.0707. The Labute approximate surface area is 115 Å². The number of nitro benzene ring substituents is 1. The number of rotatable bonds is 7. The Hall–Kier alpha value is -2.15. The van der Waals surface area contributed by atoms with Gasteiger partial charge in [0.05, 0.1) is 16.0 Å². The van der Waals surface area contributed by atoms with Crippen molar-refractivity contribution >= 4 is 22.7 Å². The molecule has 0 aliphatic heterocycles. The number of non-ortho nitro benzene ring substituents is 1. The molecule has 20 heavy (non-hydrogen) atoms. The third kappa shape index (κ3) is 3.05. The molecule has 0 unspecified atom stereocenters. The lowest BCUT2D eigenvalue weighted by molar-refractivity contribution is -0.384. The summed E-state index contributed by atoms with van der Waals surface area (Å²) in [6.45, 7) is 1.82. The summed E-state index contributed by atoms with van der Waals surface area (Å²) in [7, 11) is 0. The second-order valence-corrected chi connectivity index (χ2v) is 5.05. The predicted molar refractivity (Wildman–Crippen MR) is 76.9 cm³/mol. The average Bonchev–Trinajstić information content (AvgIpc) is 3.16. The minimum atomic E-state index is -0.406. The summed E-state index contributed by atoms with van der Waals surface area (Å²) in [5, 5.41) is 17.3. The molecule has 1 saturated carbocycles. The monoisotopic (exact) mass is 275 g/mol. The van der Waals surface area contributed by atoms with Crippen LogP contribution in [-0.4, -0.2) is 34.0 Å². The van der Waals surface area contributed by atoms with Crippen molar-refractivity contribution in [3.05, 3.63) is 28.3 Å². The van der Waals surface area contributed by atoms with Crippen LogP contribution in [0.4, 0.5) is 11.6 Å². The average molecular weight is 275 g/mol. The number of H-pyrrole nitrogens is 1. The van der Waals surface area contributed by atoms with E-state index in [1.165, 1.54) is 25.0 Å². The van der Waals surface area contributed by atoms with Crippen LogP contribution in [0.5, 0.6) is 0 Å². The molecule has 106 valence electrons. The Bertz CT molecular complexity index is 620. The number of anilines is 1. The number of aromatic amines is 1. The zero-order valence-corrected chi connectivity index (χ0v) is 11.1. The van der Waals surface area contributed by atoms with Gasteiger partial charge in [0.25, 0.3) is 5.69 Å². The summed E-state index contributed by atoms with van der Waals surface area (Å²) in [6.07, 6.45) is 3.62. The number of fused-ring (bicyclic) bond motifs is 1. The van der Waals surface area contributed by atoms with Gasteiger partial charge >= 0.3 is 0 Å². The van der Waals surface area contributed by atoms with Crippen LogP contribution in [0, 0.1) is 10.1 Å². The highest BCUT2D eigenvalue weighted by Gasteiger charge is 2.19. The molecular weight excluding hydrogens is 258 g/mol. The summed E-state index contributed by atoms with van der Waals surface area (Å²) < 4.78 is 0. The second-order valence-electron chi connectivity index (χ2n) is 5.05. The largest absolute Gasteiger partial charge is 0.356 e. The Kier molecular flexibility index (Phi) is 3.51. The summed E-state index contributed by atoms with van der Waals surface area (Å²) in [4.78, 5) is 17.7. The van der Waals surface area contributed by atoms with Gasteiger partial charge in [0.1, 0.15) is 0 Å². The van der Waals surface area contributed by atoms with Crippen molar-refractivity contribution in [2.24, 2.45) is 0 Å². The van der Waals surface area contributed by atoms with E-state index in [4.69, 9.17) is 0 Å². The van der Waals surface area contributed by atoms with E-state index in [1.54, 1.807) is 6.07 Å². The second kappa shape index (κ2) is 5.46. The summed E-state index contributed by atoms with van der Waals surface area (Å²) in [5.74, 6) is 0.659. The van der Waals surface area contributed by atoms with E-state index in [0.717, 1.165) is 31.1 Å². The molecule has 3 N–H and O–H groups in total. The number of nitro groups is 1. The van der Waals surface area contributed by atoms with Crippen LogP contribution in [0.1, 0.15) is 19.3 Å². The zero-order valence-electron chi connectivity index (χ0n) is 11.1. The summed E-state index contributed by atoms with van der Waals surface area (Å²) >= 11 is 0. The first-order valence-electron chi connectivity index (χ1n) is 6.84. The summed E-state index contributed by atoms with van der Waals surface area (Å²) in [5.41, 5.74) is 1.48. The first kappa shape index (κ1) is 12.9. The Morgan fingerprint density at radius 1 is 1.40 bits per heavy atom. The molecule has 0 amide bonds. The van der Waals surface area contributed by atoms with E-state index in [0.29, 0.717) is 11.5 Å². The number of imidazole rings is 1. The molecule has 1 aromatic heterocycles. The summed E-state index contributed by atoms with van der Waals surface area (Å²) in [6, 6.07) is 5.36. The standard InChI is InChI=1S/C13H17N5O2/c19-18(20)10-4-5-11-12(8-10)17-13(16-11)15-7-1-6-14-9-2-3-9/h4-5,8-9,14H,1-3,6-7H2,(H2,15,16,17). The number of hydrogen-bond donors (Lipinski definition) is 3. The van der Waals surface area contributed by atoms with Gasteiger partial charge < -0.3 is 15.6 Å². The molecular formula is C13H17N5O2. The number of hydrogen-bond acceptors (Lipinski definition) is 5. The highest BCUT2D eigenvalue weighted by molar-refractivity contribution is 5.79. The molecule has 7 heteroatoms. The molecule has 1 aliphatic rings. The van der Waals surface area contributed by atoms with E-state index in [9.17, 15) is 10.1 Å². The van der Waals surface area contributed by atoms with E-state index >= 15 is 0 Å². The Morgan fingerprint density at radius 3 is 3.00 bits per heavy atom. The van der Waals surface area contributed by atoms with Gasteiger partial charge in [0.15, 0.2) is 0 Å². The van der Waals surface area contributed by atoms with Crippen molar-refractivity contribution in [2.75, 3.05) is 18.4 Å². The van der Waals surface area contributed by atoms with Gasteiger partial charge in [-0.2, -0.15) is 0 Å². The lowest BCUT2D eigenvalue weighted by Crippen LogP contribution is -2.20. The third-order valence-corrected chi connectivity index (χ3v) is 3.33. The van der Waals surface area contributed by atoms with Gasteiger partial charge in [-0.05, 0) is 31.9 Å². The lowest BCUT2D eigenvalue weighted by Gasteiger charge is -2.03. The Balaban J connectivity index is 1.55. The Morgan fingerprint density at radius 2 is 2.25 bits per heavy atom. The van der Waals surface area contributed by atoms with Crippen LogP contribution in [0.15, 0.2) is 18.2 Å². The molecule has 1 aliphatic carbocycles. The third-order valence-electron chi connectivity index (χ3n) is 3.33. The molecule has 0 bridgehead atoms. The van der Waals surface area contributed by atoms with Crippen molar-refractivity contribution < 1.29 is 4.92 Å². The number of nitrogens with zero attached hydrogens (tertiary/aromatic N) is 2. The molecule has 1 aromatic carbocycles. The SMILES string of the molecule is O=[N+]([O-])c1ccc2nc(NCCCNC3CC3)[nH]c2c1. The van der Waals surface area contributed by atoms with Gasteiger partial charge in [-0.25, -0.2) is 4.98 Å². The molecule has 3 rings (SSSR count). The van der Waals surface area contributed by atoms with Crippen molar-refractivity contribution in [2.45, 2.75) is 25.3 Å². The van der Waals surface area contributed by atoms with Crippen LogP contribution in [0.2, 0.25) is 0 Å². The fourth-order valence-corrected chi connectivity index (χ4v) is 2.08. The maximum absolute atomic E-state index is 10.7. The number of aromatic nitrogens is 2. The van der Waals surface area contributed by atoms with E-state index < -0.39 is 4.92 Å². The smallest absolute Gasteiger partial charge is 0.271 e. The highest BCUT2D eigenvalue weighted by Crippen LogP contribution is 2.20. The quantitative estimate of drug-likeness (QED) is 0.408. The zero-order chi connectivity index (χ0) is 13.9. The van der Waals surface area contributed by atoms with Gasteiger partial charge in [0, 0.05) is 24.7 Å². The molecule has 0 saturated heterocycles. The van der Waals surface area contributed by atoms with Gasteiger partial charge in [-0.3, -0.25) is 10.1 Å².